The number of piperidine rings is 2. The van der Waals surface area contributed by atoms with E-state index in [1.807, 2.05) is 4.90 Å². The predicted octanol–water partition coefficient (Wildman–Crippen LogP) is 2.32. The molecule has 1 N–H and O–H groups in total. The van der Waals surface area contributed by atoms with E-state index >= 15 is 0 Å². The van der Waals surface area contributed by atoms with Gasteiger partial charge < -0.3 is 15.1 Å². The van der Waals surface area contributed by atoms with Gasteiger partial charge in [0.05, 0.1) is 17.1 Å². The number of amides is 3. The quantitative estimate of drug-likeness (QED) is 0.837. The lowest BCUT2D eigenvalue weighted by Gasteiger charge is -2.35. The van der Waals surface area contributed by atoms with Gasteiger partial charge in [0.15, 0.2) is 0 Å². The van der Waals surface area contributed by atoms with Crippen molar-refractivity contribution < 1.29 is 14.4 Å². The molecule has 0 spiro atoms. The Morgan fingerprint density at radius 1 is 1.15 bits per heavy atom. The summed E-state index contributed by atoms with van der Waals surface area (Å²) in [5, 5.41) is 3.36. The van der Waals surface area contributed by atoms with Gasteiger partial charge in [0.25, 0.3) is 5.91 Å². The van der Waals surface area contributed by atoms with Gasteiger partial charge in [-0.2, -0.15) is 0 Å². The minimum atomic E-state index is -0.192. The van der Waals surface area contributed by atoms with Crippen LogP contribution < -0.4 is 5.32 Å². The Kier molecular flexibility index (Phi) is 6.72. The van der Waals surface area contributed by atoms with Crippen LogP contribution in [0.1, 0.15) is 42.5 Å². The Bertz CT molecular complexity index is 709. The lowest BCUT2D eigenvalue weighted by molar-refractivity contribution is -0.142. The Balaban J connectivity index is 1.49. The predicted molar refractivity (Wildman–Crippen MR) is 104 cm³/mol. The van der Waals surface area contributed by atoms with Crippen molar-refractivity contribution in [3.8, 4) is 0 Å². The molecule has 1 aromatic carbocycles. The first-order chi connectivity index (χ1) is 13.0. The Morgan fingerprint density at radius 3 is 2.74 bits per heavy atom. The number of rotatable bonds is 5. The number of nitrogens with zero attached hydrogens (tertiary/aromatic N) is 2. The summed E-state index contributed by atoms with van der Waals surface area (Å²) in [5.74, 6) is 0.108. The molecule has 7 heteroatoms. The van der Waals surface area contributed by atoms with E-state index in [0.717, 1.165) is 32.2 Å². The molecule has 146 valence electrons. The van der Waals surface area contributed by atoms with Crippen LogP contribution in [-0.2, 0) is 9.59 Å². The number of likely N-dealkylation sites (tertiary alicyclic amines) is 2. The molecule has 0 bridgehead atoms. The lowest BCUT2D eigenvalue weighted by atomic mass is 9.97. The van der Waals surface area contributed by atoms with Gasteiger partial charge in [-0.25, -0.2) is 0 Å². The molecular weight excluding hydrogens is 366 g/mol. The molecule has 0 radical (unpaired) electrons. The van der Waals surface area contributed by atoms with Crippen LogP contribution in [0.25, 0.3) is 0 Å². The second-order valence-electron chi connectivity index (χ2n) is 7.31. The SMILES string of the molecule is O=C(NCC1CCCN(C(=O)CN2CCCCC2=O)C1)c1ccccc1Cl. The van der Waals surface area contributed by atoms with Crippen molar-refractivity contribution in [3.05, 3.63) is 34.9 Å². The maximum absolute atomic E-state index is 12.6. The number of halogens is 1. The van der Waals surface area contributed by atoms with Crippen LogP contribution in [0, 0.1) is 5.92 Å². The summed E-state index contributed by atoms with van der Waals surface area (Å²) in [7, 11) is 0. The maximum Gasteiger partial charge on any atom is 0.252 e. The van der Waals surface area contributed by atoms with Crippen molar-refractivity contribution in [2.24, 2.45) is 5.92 Å². The van der Waals surface area contributed by atoms with Crippen molar-refractivity contribution in [2.45, 2.75) is 32.1 Å². The molecule has 27 heavy (non-hydrogen) atoms. The Labute approximate surface area is 164 Å². The number of benzene rings is 1. The fourth-order valence-electron chi connectivity index (χ4n) is 3.73. The molecule has 3 rings (SSSR count). The largest absolute Gasteiger partial charge is 0.352 e. The van der Waals surface area contributed by atoms with Gasteiger partial charge >= 0.3 is 0 Å². The van der Waals surface area contributed by atoms with Gasteiger partial charge in [-0.3, -0.25) is 14.4 Å². The number of carbonyl (C=O) groups excluding carboxylic acids is 3. The summed E-state index contributed by atoms with van der Waals surface area (Å²) in [6.45, 7) is 2.70. The normalized spacial score (nSPS) is 20.5. The fraction of sp³-hybridized carbons (Fsp3) is 0.550. The van der Waals surface area contributed by atoms with Gasteiger partial charge in [-0.15, -0.1) is 0 Å². The molecule has 3 amide bonds. The molecular formula is C20H26ClN3O3. The van der Waals surface area contributed by atoms with Crippen LogP contribution in [0.2, 0.25) is 5.02 Å². The highest BCUT2D eigenvalue weighted by molar-refractivity contribution is 6.33. The van der Waals surface area contributed by atoms with Gasteiger partial charge in [-0.1, -0.05) is 23.7 Å². The third kappa shape index (κ3) is 5.22. The summed E-state index contributed by atoms with van der Waals surface area (Å²) in [5.41, 5.74) is 0.464. The molecule has 0 aromatic heterocycles. The highest BCUT2D eigenvalue weighted by atomic mass is 35.5. The van der Waals surface area contributed by atoms with E-state index in [0.29, 0.717) is 36.6 Å². The second kappa shape index (κ2) is 9.22. The summed E-state index contributed by atoms with van der Waals surface area (Å²) in [6, 6.07) is 6.96. The van der Waals surface area contributed by atoms with E-state index in [1.54, 1.807) is 29.2 Å². The van der Waals surface area contributed by atoms with Crippen molar-refractivity contribution >= 4 is 29.3 Å². The monoisotopic (exact) mass is 391 g/mol. The van der Waals surface area contributed by atoms with Crippen LogP contribution in [0.5, 0.6) is 0 Å². The van der Waals surface area contributed by atoms with Gasteiger partial charge in [0.2, 0.25) is 11.8 Å². The number of carbonyl (C=O) groups is 3. The number of hydrogen-bond donors (Lipinski definition) is 1. The zero-order valence-corrected chi connectivity index (χ0v) is 16.2. The Morgan fingerprint density at radius 2 is 1.96 bits per heavy atom. The van der Waals surface area contributed by atoms with E-state index < -0.39 is 0 Å². The molecule has 1 aromatic rings. The summed E-state index contributed by atoms with van der Waals surface area (Å²) >= 11 is 6.06. The summed E-state index contributed by atoms with van der Waals surface area (Å²) in [6.07, 6.45) is 4.31. The first kappa shape index (κ1) is 19.7. The van der Waals surface area contributed by atoms with Gasteiger partial charge in [0, 0.05) is 32.6 Å². The smallest absolute Gasteiger partial charge is 0.252 e. The third-order valence-corrected chi connectivity index (χ3v) is 5.62. The highest BCUT2D eigenvalue weighted by Gasteiger charge is 2.27. The van der Waals surface area contributed by atoms with Crippen LogP contribution in [-0.4, -0.2) is 60.2 Å². The standard InChI is InChI=1S/C20H26ClN3O3/c21-17-8-2-1-7-16(17)20(27)22-12-15-6-5-11-23(13-15)19(26)14-24-10-4-3-9-18(24)25/h1-2,7-8,15H,3-6,9-14H2,(H,22,27). The first-order valence-corrected chi connectivity index (χ1v) is 10.0. The van der Waals surface area contributed by atoms with Gasteiger partial charge in [-0.05, 0) is 43.7 Å². The fourth-order valence-corrected chi connectivity index (χ4v) is 3.95. The molecule has 1 atom stereocenters. The average molecular weight is 392 g/mol. The number of nitrogens with one attached hydrogen (secondary N) is 1. The average Bonchev–Trinajstić information content (AvgIpc) is 2.68. The van der Waals surface area contributed by atoms with Crippen molar-refractivity contribution in [2.75, 3.05) is 32.7 Å². The van der Waals surface area contributed by atoms with Crippen LogP contribution in [0.4, 0.5) is 0 Å². The molecule has 0 saturated carbocycles. The summed E-state index contributed by atoms with van der Waals surface area (Å²) in [4.78, 5) is 40.3. The van der Waals surface area contributed by atoms with Crippen molar-refractivity contribution in [3.63, 3.8) is 0 Å². The van der Waals surface area contributed by atoms with Crippen LogP contribution in [0.15, 0.2) is 24.3 Å². The Hall–Kier alpha value is -2.08. The summed E-state index contributed by atoms with van der Waals surface area (Å²) < 4.78 is 0. The van der Waals surface area contributed by atoms with Crippen molar-refractivity contribution in [1.82, 2.24) is 15.1 Å². The van der Waals surface area contributed by atoms with E-state index in [-0.39, 0.29) is 30.2 Å². The molecule has 0 aliphatic carbocycles. The first-order valence-electron chi connectivity index (χ1n) is 9.63. The molecule has 2 aliphatic rings. The van der Waals surface area contributed by atoms with E-state index in [4.69, 9.17) is 11.6 Å². The topological polar surface area (TPSA) is 69.7 Å². The van der Waals surface area contributed by atoms with Gasteiger partial charge in [0.1, 0.15) is 0 Å². The lowest BCUT2D eigenvalue weighted by Crippen LogP contribution is -2.49. The minimum absolute atomic E-state index is 0.00683. The molecule has 1 unspecified atom stereocenters. The molecule has 6 nitrogen and oxygen atoms in total. The van der Waals surface area contributed by atoms with E-state index in [1.165, 1.54) is 0 Å². The second-order valence-corrected chi connectivity index (χ2v) is 7.72. The maximum atomic E-state index is 12.6. The molecule has 2 heterocycles. The molecule has 2 fully saturated rings. The third-order valence-electron chi connectivity index (χ3n) is 5.29. The van der Waals surface area contributed by atoms with Crippen molar-refractivity contribution in [1.29, 1.82) is 0 Å². The molecule has 2 saturated heterocycles. The number of hydrogen-bond acceptors (Lipinski definition) is 3. The van der Waals surface area contributed by atoms with E-state index in [2.05, 4.69) is 5.32 Å². The zero-order chi connectivity index (χ0) is 19.2. The molecule has 2 aliphatic heterocycles. The van der Waals surface area contributed by atoms with Crippen LogP contribution in [0.3, 0.4) is 0 Å². The van der Waals surface area contributed by atoms with Crippen LogP contribution >= 0.6 is 11.6 Å². The highest BCUT2D eigenvalue weighted by Crippen LogP contribution is 2.18. The zero-order valence-electron chi connectivity index (χ0n) is 15.5. The van der Waals surface area contributed by atoms with E-state index in [9.17, 15) is 14.4 Å². The minimum Gasteiger partial charge on any atom is -0.352 e.